The number of aromatic nitrogens is 1. The lowest BCUT2D eigenvalue weighted by atomic mass is 9.83. The van der Waals surface area contributed by atoms with Gasteiger partial charge >= 0.3 is 11.7 Å². The number of carbonyl (C=O) groups excluding carboxylic acids is 1. The van der Waals surface area contributed by atoms with Gasteiger partial charge in [-0.05, 0) is 30.5 Å². The van der Waals surface area contributed by atoms with Gasteiger partial charge in [-0.2, -0.15) is 4.39 Å². The molecule has 3 heterocycles. The molecule has 2 aliphatic heterocycles. The molecule has 1 saturated heterocycles. The van der Waals surface area contributed by atoms with Crippen molar-refractivity contribution in [3.63, 3.8) is 0 Å². The van der Waals surface area contributed by atoms with Crippen LogP contribution in [0.5, 0.6) is 0 Å². The number of pyridine rings is 1. The Morgan fingerprint density at radius 2 is 2.04 bits per heavy atom. The highest BCUT2D eigenvalue weighted by atomic mass is 19.1. The highest BCUT2D eigenvalue weighted by Crippen LogP contribution is 2.35. The number of nitro groups is 1. The molecule has 8 nitrogen and oxygen atoms in total. The average molecular weight is 372 g/mol. The maximum Gasteiger partial charge on any atom is 0.321 e. The summed E-state index contributed by atoms with van der Waals surface area (Å²) in [6.07, 6.45) is 0.912. The number of fused-ring (bicyclic) bond motifs is 4. The molecule has 1 fully saturated rings. The zero-order valence-electron chi connectivity index (χ0n) is 14.3. The summed E-state index contributed by atoms with van der Waals surface area (Å²) in [5.74, 6) is -0.711. The number of amides is 2. The van der Waals surface area contributed by atoms with E-state index in [2.05, 4.69) is 5.32 Å². The molecule has 0 aliphatic carbocycles. The molecule has 2 atom stereocenters. The third-order valence-corrected chi connectivity index (χ3v) is 5.16. The van der Waals surface area contributed by atoms with E-state index < -0.39 is 22.5 Å². The van der Waals surface area contributed by atoms with Gasteiger partial charge in [0.05, 0.1) is 4.92 Å². The summed E-state index contributed by atoms with van der Waals surface area (Å²) in [5.41, 5.74) is 0.379. The Balaban J connectivity index is 1.52. The number of nitrogens with zero attached hydrogens (tertiary/aromatic N) is 3. The van der Waals surface area contributed by atoms with Crippen LogP contribution in [0.2, 0.25) is 0 Å². The minimum Gasteiger partial charge on any atom is -0.324 e. The highest BCUT2D eigenvalue weighted by molar-refractivity contribution is 5.89. The summed E-state index contributed by atoms with van der Waals surface area (Å²) in [6.45, 7) is 1.51. The fraction of sp³-hybridized carbons (Fsp3) is 0.333. The number of nitrogens with one attached hydrogen (secondary N) is 1. The molecule has 0 saturated carbocycles. The van der Waals surface area contributed by atoms with Gasteiger partial charge in [-0.3, -0.25) is 14.9 Å². The van der Waals surface area contributed by atoms with Crippen molar-refractivity contribution in [2.24, 2.45) is 5.92 Å². The molecule has 2 bridgehead atoms. The van der Waals surface area contributed by atoms with Crippen LogP contribution < -0.4 is 10.9 Å². The second-order valence-corrected chi connectivity index (χ2v) is 6.96. The van der Waals surface area contributed by atoms with Crippen LogP contribution in [0.1, 0.15) is 18.0 Å². The lowest BCUT2D eigenvalue weighted by Crippen LogP contribution is -2.50. The first-order chi connectivity index (χ1) is 12.9. The van der Waals surface area contributed by atoms with Crippen molar-refractivity contribution in [3.05, 3.63) is 68.4 Å². The summed E-state index contributed by atoms with van der Waals surface area (Å²) in [4.78, 5) is 36.3. The molecule has 27 heavy (non-hydrogen) atoms. The van der Waals surface area contributed by atoms with Gasteiger partial charge in [0.15, 0.2) is 0 Å². The first-order valence-electron chi connectivity index (χ1n) is 8.62. The van der Waals surface area contributed by atoms with Crippen molar-refractivity contribution >= 4 is 17.4 Å². The molecule has 0 spiro atoms. The van der Waals surface area contributed by atoms with Crippen LogP contribution >= 0.6 is 0 Å². The molecular formula is C18H17FN4O4. The number of likely N-dealkylation sites (tertiary alicyclic amines) is 1. The SMILES string of the molecule is O=C(Nc1ccc(F)c([N+](=O)[O-])c1)N1C[C@H]2C[C@H](C1)c1cccc(=O)n1C2. The minimum absolute atomic E-state index is 0.0290. The molecule has 0 radical (unpaired) electrons. The van der Waals surface area contributed by atoms with Gasteiger partial charge in [0.2, 0.25) is 5.82 Å². The number of halogens is 1. The Morgan fingerprint density at radius 3 is 2.81 bits per heavy atom. The van der Waals surface area contributed by atoms with Gasteiger partial charge in [0, 0.05) is 49.1 Å². The maximum atomic E-state index is 13.4. The quantitative estimate of drug-likeness (QED) is 0.647. The zero-order valence-corrected chi connectivity index (χ0v) is 14.3. The van der Waals surface area contributed by atoms with E-state index in [1.807, 2.05) is 6.07 Å². The van der Waals surface area contributed by atoms with Crippen LogP contribution in [0.15, 0.2) is 41.2 Å². The molecule has 1 N–H and O–H groups in total. The van der Waals surface area contributed by atoms with Crippen molar-refractivity contribution in [1.29, 1.82) is 0 Å². The van der Waals surface area contributed by atoms with Gasteiger partial charge in [-0.25, -0.2) is 4.79 Å². The molecule has 0 unspecified atom stereocenters. The van der Waals surface area contributed by atoms with E-state index in [-0.39, 0.29) is 23.1 Å². The molecule has 9 heteroatoms. The predicted molar refractivity (Wildman–Crippen MR) is 95.2 cm³/mol. The summed E-state index contributed by atoms with van der Waals surface area (Å²) in [7, 11) is 0. The number of rotatable bonds is 2. The van der Waals surface area contributed by atoms with E-state index in [9.17, 15) is 24.1 Å². The average Bonchev–Trinajstić information content (AvgIpc) is 2.64. The number of hydrogen-bond donors (Lipinski definition) is 1. The van der Waals surface area contributed by atoms with Crippen LogP contribution in [0.4, 0.5) is 20.6 Å². The van der Waals surface area contributed by atoms with E-state index in [4.69, 9.17) is 0 Å². The van der Waals surface area contributed by atoms with Crippen molar-refractivity contribution in [2.75, 3.05) is 18.4 Å². The number of benzene rings is 1. The molecule has 2 amide bonds. The second-order valence-electron chi connectivity index (χ2n) is 6.96. The Morgan fingerprint density at radius 1 is 1.22 bits per heavy atom. The van der Waals surface area contributed by atoms with Gasteiger partial charge in [0.1, 0.15) is 0 Å². The second kappa shape index (κ2) is 6.49. The Kier molecular flexibility index (Phi) is 4.14. The van der Waals surface area contributed by atoms with Crippen molar-refractivity contribution in [2.45, 2.75) is 18.9 Å². The van der Waals surface area contributed by atoms with E-state index in [1.165, 1.54) is 12.1 Å². The van der Waals surface area contributed by atoms with Crippen molar-refractivity contribution in [3.8, 4) is 0 Å². The summed E-state index contributed by atoms with van der Waals surface area (Å²) >= 11 is 0. The van der Waals surface area contributed by atoms with Crippen LogP contribution in [0.25, 0.3) is 0 Å². The maximum absolute atomic E-state index is 13.4. The normalized spacial score (nSPS) is 20.7. The fourth-order valence-corrected chi connectivity index (χ4v) is 4.00. The molecule has 140 valence electrons. The summed E-state index contributed by atoms with van der Waals surface area (Å²) in [6, 6.07) is 8.04. The molecule has 2 aliphatic rings. The summed E-state index contributed by atoms with van der Waals surface area (Å²) < 4.78 is 15.2. The molecular weight excluding hydrogens is 355 g/mol. The molecule has 1 aromatic heterocycles. The lowest BCUT2D eigenvalue weighted by molar-refractivity contribution is -0.387. The van der Waals surface area contributed by atoms with Crippen LogP contribution in [-0.2, 0) is 6.54 Å². The van der Waals surface area contributed by atoms with Crippen LogP contribution in [0, 0.1) is 21.8 Å². The van der Waals surface area contributed by atoms with E-state index in [0.29, 0.717) is 19.6 Å². The zero-order chi connectivity index (χ0) is 19.1. The number of anilines is 1. The van der Waals surface area contributed by atoms with Gasteiger partial charge < -0.3 is 14.8 Å². The van der Waals surface area contributed by atoms with Gasteiger partial charge in [0.25, 0.3) is 5.56 Å². The number of piperidine rings is 1. The van der Waals surface area contributed by atoms with Crippen molar-refractivity contribution in [1.82, 2.24) is 9.47 Å². The summed E-state index contributed by atoms with van der Waals surface area (Å²) in [5, 5.41) is 13.5. The third-order valence-electron chi connectivity index (χ3n) is 5.16. The molecule has 4 rings (SSSR count). The smallest absolute Gasteiger partial charge is 0.321 e. The molecule has 2 aromatic rings. The largest absolute Gasteiger partial charge is 0.324 e. The minimum atomic E-state index is -0.951. The van der Waals surface area contributed by atoms with Gasteiger partial charge in [-0.1, -0.05) is 6.07 Å². The van der Waals surface area contributed by atoms with Crippen molar-refractivity contribution < 1.29 is 14.1 Å². The standard InChI is InChI=1S/C18H17FN4O4/c19-14-5-4-13(7-16(14)23(26)27)20-18(25)21-8-11-6-12(10-21)15-2-1-3-17(24)22(15)9-11/h1-5,7,11-12H,6,8-10H2,(H,20,25)/t11-,12-/m1/s1. The first-order valence-corrected chi connectivity index (χ1v) is 8.62. The monoisotopic (exact) mass is 372 g/mol. The third kappa shape index (κ3) is 3.16. The molecule has 1 aromatic carbocycles. The predicted octanol–water partition coefficient (Wildman–Crippen LogP) is 2.55. The fourth-order valence-electron chi connectivity index (χ4n) is 4.00. The Bertz CT molecular complexity index is 990. The Labute approximate surface area is 153 Å². The van der Waals surface area contributed by atoms with E-state index in [0.717, 1.165) is 24.2 Å². The first kappa shape index (κ1) is 17.2. The highest BCUT2D eigenvalue weighted by Gasteiger charge is 2.36. The van der Waals surface area contributed by atoms with E-state index >= 15 is 0 Å². The number of hydrogen-bond acceptors (Lipinski definition) is 4. The number of nitro benzene ring substituents is 1. The van der Waals surface area contributed by atoms with E-state index in [1.54, 1.807) is 15.5 Å². The number of carbonyl (C=O) groups is 1. The number of urea groups is 1. The lowest BCUT2D eigenvalue weighted by Gasteiger charge is -2.42. The Hall–Kier alpha value is -3.23. The van der Waals surface area contributed by atoms with Crippen LogP contribution in [-0.4, -0.2) is 33.5 Å². The van der Waals surface area contributed by atoms with Gasteiger partial charge in [-0.15, -0.1) is 0 Å². The topological polar surface area (TPSA) is 97.5 Å². The van der Waals surface area contributed by atoms with Crippen LogP contribution in [0.3, 0.4) is 0 Å².